The average molecular weight is 259 g/mol. The quantitative estimate of drug-likeness (QED) is 0.917. The van der Waals surface area contributed by atoms with Gasteiger partial charge < -0.3 is 10.1 Å². The number of aryl methyl sites for hydroxylation is 1. The van der Waals surface area contributed by atoms with Crippen LogP contribution >= 0.6 is 0 Å². The normalized spacial score (nSPS) is 10.1. The minimum Gasteiger partial charge on any atom is -0.496 e. The number of nitrogens with one attached hydrogen (secondary N) is 1. The Kier molecular flexibility index (Phi) is 3.80. The van der Waals surface area contributed by atoms with E-state index in [2.05, 4.69) is 5.32 Å². The van der Waals surface area contributed by atoms with Crippen LogP contribution in [0.1, 0.15) is 15.9 Å². The van der Waals surface area contributed by atoms with E-state index in [1.807, 2.05) is 0 Å². The lowest BCUT2D eigenvalue weighted by atomic mass is 10.1. The zero-order valence-electron chi connectivity index (χ0n) is 10.7. The molecule has 2 aromatic rings. The molecule has 0 radical (unpaired) electrons. The molecule has 0 aromatic heterocycles. The molecule has 0 saturated heterocycles. The molecule has 0 bridgehead atoms. The molecule has 0 aliphatic rings. The standard InChI is InChI=1S/C15H14FNO2/c1-10-9-11(16)7-8-13(10)17-15(18)12-5-3-4-6-14(12)19-2/h3-9H,1-2H3,(H,17,18). The predicted octanol–water partition coefficient (Wildman–Crippen LogP) is 3.40. The first-order valence-electron chi connectivity index (χ1n) is 5.82. The van der Waals surface area contributed by atoms with Gasteiger partial charge in [-0.15, -0.1) is 0 Å². The Labute approximate surface area is 111 Å². The van der Waals surface area contributed by atoms with Gasteiger partial charge >= 0.3 is 0 Å². The Balaban J connectivity index is 2.26. The van der Waals surface area contributed by atoms with Crippen LogP contribution < -0.4 is 10.1 Å². The molecule has 0 heterocycles. The highest BCUT2D eigenvalue weighted by Crippen LogP contribution is 2.21. The Morgan fingerprint density at radius 2 is 1.95 bits per heavy atom. The minimum atomic E-state index is -0.326. The molecule has 0 atom stereocenters. The van der Waals surface area contributed by atoms with E-state index in [-0.39, 0.29) is 11.7 Å². The second-order valence-corrected chi connectivity index (χ2v) is 4.11. The summed E-state index contributed by atoms with van der Waals surface area (Å²) in [6.45, 7) is 1.74. The molecule has 0 fully saturated rings. The van der Waals surface area contributed by atoms with Crippen LogP contribution in [0.2, 0.25) is 0 Å². The molecular formula is C15H14FNO2. The van der Waals surface area contributed by atoms with Crippen LogP contribution in [0.5, 0.6) is 5.75 Å². The lowest BCUT2D eigenvalue weighted by molar-refractivity contribution is 0.102. The molecule has 1 amide bonds. The van der Waals surface area contributed by atoms with E-state index in [1.54, 1.807) is 31.2 Å². The van der Waals surface area contributed by atoms with Crippen molar-refractivity contribution in [1.29, 1.82) is 0 Å². The number of carbonyl (C=O) groups excluding carboxylic acids is 1. The van der Waals surface area contributed by atoms with Gasteiger partial charge in [0.2, 0.25) is 0 Å². The van der Waals surface area contributed by atoms with Crippen LogP contribution in [-0.2, 0) is 0 Å². The van der Waals surface area contributed by atoms with Gasteiger partial charge in [0.25, 0.3) is 5.91 Å². The lowest BCUT2D eigenvalue weighted by Gasteiger charge is -2.10. The molecule has 4 heteroatoms. The van der Waals surface area contributed by atoms with Crippen molar-refractivity contribution < 1.29 is 13.9 Å². The number of para-hydroxylation sites is 1. The van der Waals surface area contributed by atoms with Crippen molar-refractivity contribution in [2.24, 2.45) is 0 Å². The highest BCUT2D eigenvalue weighted by atomic mass is 19.1. The number of amides is 1. The molecule has 0 aliphatic heterocycles. The Morgan fingerprint density at radius 3 is 2.63 bits per heavy atom. The first-order valence-corrected chi connectivity index (χ1v) is 5.82. The smallest absolute Gasteiger partial charge is 0.259 e. The summed E-state index contributed by atoms with van der Waals surface area (Å²) in [4.78, 5) is 12.1. The van der Waals surface area contributed by atoms with Crippen LogP contribution in [0.25, 0.3) is 0 Å². The molecule has 0 saturated carbocycles. The molecule has 3 nitrogen and oxygen atoms in total. The molecule has 0 spiro atoms. The zero-order chi connectivity index (χ0) is 13.8. The second-order valence-electron chi connectivity index (χ2n) is 4.11. The number of rotatable bonds is 3. The Morgan fingerprint density at radius 1 is 1.21 bits per heavy atom. The Hall–Kier alpha value is -2.36. The number of halogens is 1. The van der Waals surface area contributed by atoms with Crippen molar-refractivity contribution in [2.75, 3.05) is 12.4 Å². The van der Waals surface area contributed by atoms with Gasteiger partial charge in [-0.3, -0.25) is 4.79 Å². The number of hydrogen-bond acceptors (Lipinski definition) is 2. The summed E-state index contributed by atoms with van der Waals surface area (Å²) in [7, 11) is 1.51. The highest BCUT2D eigenvalue weighted by Gasteiger charge is 2.12. The van der Waals surface area contributed by atoms with Crippen LogP contribution in [0, 0.1) is 12.7 Å². The van der Waals surface area contributed by atoms with Crippen LogP contribution in [0.4, 0.5) is 10.1 Å². The molecule has 0 aliphatic carbocycles. The van der Waals surface area contributed by atoms with E-state index in [9.17, 15) is 9.18 Å². The number of carbonyl (C=O) groups is 1. The van der Waals surface area contributed by atoms with Gasteiger partial charge in [0.1, 0.15) is 11.6 Å². The average Bonchev–Trinajstić information content (AvgIpc) is 2.41. The fourth-order valence-corrected chi connectivity index (χ4v) is 1.79. The van der Waals surface area contributed by atoms with Crippen LogP contribution in [0.15, 0.2) is 42.5 Å². The maximum absolute atomic E-state index is 13.0. The van der Waals surface area contributed by atoms with Gasteiger partial charge in [-0.1, -0.05) is 12.1 Å². The largest absolute Gasteiger partial charge is 0.496 e. The molecule has 19 heavy (non-hydrogen) atoms. The number of benzene rings is 2. The first kappa shape index (κ1) is 13.1. The SMILES string of the molecule is COc1ccccc1C(=O)Nc1ccc(F)cc1C. The van der Waals surface area contributed by atoms with E-state index in [0.717, 1.165) is 0 Å². The van der Waals surface area contributed by atoms with Crippen LogP contribution in [-0.4, -0.2) is 13.0 Å². The predicted molar refractivity (Wildman–Crippen MR) is 72.1 cm³/mol. The number of ether oxygens (including phenoxy) is 1. The summed E-state index contributed by atoms with van der Waals surface area (Å²) in [5.74, 6) is -0.111. The van der Waals surface area contributed by atoms with Crippen molar-refractivity contribution in [3.05, 3.63) is 59.4 Å². The van der Waals surface area contributed by atoms with E-state index in [4.69, 9.17) is 4.74 Å². The molecule has 2 aromatic carbocycles. The number of methoxy groups -OCH3 is 1. The van der Waals surface area contributed by atoms with E-state index < -0.39 is 0 Å². The van der Waals surface area contributed by atoms with Crippen LogP contribution in [0.3, 0.4) is 0 Å². The second kappa shape index (κ2) is 5.52. The van der Waals surface area contributed by atoms with E-state index >= 15 is 0 Å². The van der Waals surface area contributed by atoms with E-state index in [1.165, 1.54) is 25.3 Å². The van der Waals surface area contributed by atoms with E-state index in [0.29, 0.717) is 22.6 Å². The van der Waals surface area contributed by atoms with Crippen molar-refractivity contribution in [3.63, 3.8) is 0 Å². The number of hydrogen-bond donors (Lipinski definition) is 1. The zero-order valence-corrected chi connectivity index (χ0v) is 10.7. The Bertz CT molecular complexity index is 611. The van der Waals surface area contributed by atoms with Gasteiger partial charge in [0.05, 0.1) is 12.7 Å². The highest BCUT2D eigenvalue weighted by molar-refractivity contribution is 6.06. The first-order chi connectivity index (χ1) is 9.11. The van der Waals surface area contributed by atoms with Crippen molar-refractivity contribution >= 4 is 11.6 Å². The number of anilines is 1. The molecule has 2 rings (SSSR count). The third-order valence-corrected chi connectivity index (χ3v) is 2.79. The van der Waals surface area contributed by atoms with Crippen molar-refractivity contribution in [1.82, 2.24) is 0 Å². The molecule has 1 N–H and O–H groups in total. The summed E-state index contributed by atoms with van der Waals surface area (Å²) in [5, 5.41) is 2.74. The van der Waals surface area contributed by atoms with Gasteiger partial charge in [0, 0.05) is 5.69 Å². The maximum Gasteiger partial charge on any atom is 0.259 e. The maximum atomic E-state index is 13.0. The topological polar surface area (TPSA) is 38.3 Å². The summed E-state index contributed by atoms with van der Waals surface area (Å²) in [6, 6.07) is 11.2. The summed E-state index contributed by atoms with van der Waals surface area (Å²) >= 11 is 0. The molecular weight excluding hydrogens is 245 g/mol. The van der Waals surface area contributed by atoms with Gasteiger partial charge in [-0.25, -0.2) is 4.39 Å². The third kappa shape index (κ3) is 2.91. The summed E-state index contributed by atoms with van der Waals surface area (Å²) < 4.78 is 18.1. The third-order valence-electron chi connectivity index (χ3n) is 2.79. The van der Waals surface area contributed by atoms with Crippen molar-refractivity contribution in [3.8, 4) is 5.75 Å². The lowest BCUT2D eigenvalue weighted by Crippen LogP contribution is -2.13. The summed E-state index contributed by atoms with van der Waals surface area (Å²) in [5.41, 5.74) is 1.69. The van der Waals surface area contributed by atoms with Gasteiger partial charge in [0.15, 0.2) is 0 Å². The monoisotopic (exact) mass is 259 g/mol. The fraction of sp³-hybridized carbons (Fsp3) is 0.133. The van der Waals surface area contributed by atoms with Gasteiger partial charge in [-0.2, -0.15) is 0 Å². The summed E-state index contributed by atoms with van der Waals surface area (Å²) in [6.07, 6.45) is 0. The molecule has 98 valence electrons. The minimum absolute atomic E-state index is 0.285. The fourth-order valence-electron chi connectivity index (χ4n) is 1.79. The van der Waals surface area contributed by atoms with Gasteiger partial charge in [-0.05, 0) is 42.8 Å². The molecule has 0 unspecified atom stereocenters. The van der Waals surface area contributed by atoms with Crippen molar-refractivity contribution in [2.45, 2.75) is 6.92 Å².